The van der Waals surface area contributed by atoms with E-state index in [0.29, 0.717) is 31.9 Å². The fraction of sp³-hybridized carbons (Fsp3) is 0.292. The number of ether oxygens (including phenoxy) is 2. The molecule has 1 fully saturated rings. The molecule has 3 aromatic rings. The summed E-state index contributed by atoms with van der Waals surface area (Å²) in [5.74, 6) is -0.497. The van der Waals surface area contributed by atoms with Crippen LogP contribution in [0.3, 0.4) is 0 Å². The number of benzene rings is 2. The third-order valence-electron chi connectivity index (χ3n) is 5.49. The van der Waals surface area contributed by atoms with Crippen molar-refractivity contribution in [2.75, 3.05) is 38.2 Å². The average Bonchev–Trinajstić information content (AvgIpc) is 2.85. The number of para-hydroxylation sites is 1. The van der Waals surface area contributed by atoms with E-state index in [1.807, 2.05) is 41.3 Å². The summed E-state index contributed by atoms with van der Waals surface area (Å²) >= 11 is 0. The highest BCUT2D eigenvalue weighted by Gasteiger charge is 2.27. The summed E-state index contributed by atoms with van der Waals surface area (Å²) < 4.78 is 37.7. The van der Waals surface area contributed by atoms with Crippen LogP contribution in [-0.4, -0.2) is 60.4 Å². The molecule has 172 valence electrons. The zero-order chi connectivity index (χ0) is 23.4. The number of hydrogen-bond acceptors (Lipinski definition) is 6. The van der Waals surface area contributed by atoms with Crippen molar-refractivity contribution < 1.29 is 23.0 Å². The first kappa shape index (κ1) is 22.4. The van der Waals surface area contributed by atoms with Crippen molar-refractivity contribution in [1.29, 1.82) is 0 Å². The summed E-state index contributed by atoms with van der Waals surface area (Å²) in [5, 5.41) is 8.69. The van der Waals surface area contributed by atoms with E-state index < -0.39 is 17.7 Å². The molecule has 33 heavy (non-hydrogen) atoms. The fourth-order valence-electron chi connectivity index (χ4n) is 3.72. The van der Waals surface area contributed by atoms with E-state index in [9.17, 15) is 13.6 Å². The third-order valence-corrected chi connectivity index (χ3v) is 5.49. The maximum absolute atomic E-state index is 13.8. The van der Waals surface area contributed by atoms with Gasteiger partial charge in [0.2, 0.25) is 0 Å². The minimum Gasteiger partial charge on any atom is -0.496 e. The van der Waals surface area contributed by atoms with Gasteiger partial charge in [-0.15, -0.1) is 10.2 Å². The number of halogens is 2. The zero-order valence-electron chi connectivity index (χ0n) is 18.4. The Morgan fingerprint density at radius 2 is 1.73 bits per heavy atom. The van der Waals surface area contributed by atoms with Gasteiger partial charge in [0.15, 0.2) is 23.5 Å². The van der Waals surface area contributed by atoms with Crippen LogP contribution < -0.4 is 14.4 Å². The molecule has 1 aromatic heterocycles. The molecular formula is C24H24F2N4O3. The number of hydrogen-bond donors (Lipinski definition) is 0. The van der Waals surface area contributed by atoms with Gasteiger partial charge < -0.3 is 19.3 Å². The Hall–Kier alpha value is -3.75. The van der Waals surface area contributed by atoms with E-state index in [4.69, 9.17) is 9.47 Å². The highest BCUT2D eigenvalue weighted by atomic mass is 19.1. The van der Waals surface area contributed by atoms with Gasteiger partial charge in [0.05, 0.1) is 12.8 Å². The van der Waals surface area contributed by atoms with Crippen LogP contribution in [-0.2, 0) is 4.79 Å². The van der Waals surface area contributed by atoms with Crippen LogP contribution in [0.2, 0.25) is 0 Å². The second-order valence-electron chi connectivity index (χ2n) is 7.62. The van der Waals surface area contributed by atoms with Gasteiger partial charge in [-0.1, -0.05) is 12.1 Å². The normalized spacial score (nSPS) is 14.7. The highest BCUT2D eigenvalue weighted by molar-refractivity contribution is 5.81. The van der Waals surface area contributed by atoms with E-state index in [1.165, 1.54) is 6.07 Å². The van der Waals surface area contributed by atoms with Crippen molar-refractivity contribution in [3.63, 3.8) is 0 Å². The second kappa shape index (κ2) is 9.81. The van der Waals surface area contributed by atoms with Crippen molar-refractivity contribution in [3.8, 4) is 22.8 Å². The summed E-state index contributed by atoms with van der Waals surface area (Å²) in [5.41, 5.74) is 1.57. The predicted octanol–water partition coefficient (Wildman–Crippen LogP) is 3.55. The Bertz CT molecular complexity index is 1120. The molecule has 7 nitrogen and oxygen atoms in total. The molecule has 0 saturated carbocycles. The maximum Gasteiger partial charge on any atom is 0.263 e. The van der Waals surface area contributed by atoms with Crippen LogP contribution in [0, 0.1) is 11.6 Å². The average molecular weight is 454 g/mol. The lowest BCUT2D eigenvalue weighted by atomic mass is 10.1. The van der Waals surface area contributed by atoms with Crippen molar-refractivity contribution in [2.45, 2.75) is 13.0 Å². The van der Waals surface area contributed by atoms with E-state index in [1.54, 1.807) is 18.9 Å². The molecule has 2 aromatic carbocycles. The maximum atomic E-state index is 13.8. The van der Waals surface area contributed by atoms with Gasteiger partial charge >= 0.3 is 0 Å². The van der Waals surface area contributed by atoms with Gasteiger partial charge in [-0.05, 0) is 43.3 Å². The Balaban J connectivity index is 1.35. The van der Waals surface area contributed by atoms with Crippen LogP contribution in [0.5, 0.6) is 11.5 Å². The third kappa shape index (κ3) is 5.02. The van der Waals surface area contributed by atoms with Gasteiger partial charge in [0.1, 0.15) is 11.6 Å². The van der Waals surface area contributed by atoms with Gasteiger partial charge in [0, 0.05) is 37.8 Å². The summed E-state index contributed by atoms with van der Waals surface area (Å²) in [7, 11) is 1.61. The molecule has 1 aliphatic rings. The minimum absolute atomic E-state index is 0.152. The number of amides is 1. The summed E-state index contributed by atoms with van der Waals surface area (Å²) in [6, 6.07) is 14.4. The van der Waals surface area contributed by atoms with E-state index in [2.05, 4.69) is 10.2 Å². The van der Waals surface area contributed by atoms with Crippen LogP contribution in [0.15, 0.2) is 54.6 Å². The topological polar surface area (TPSA) is 67.8 Å². The summed E-state index contributed by atoms with van der Waals surface area (Å²) in [6.45, 7) is 3.64. The molecule has 0 spiro atoms. The van der Waals surface area contributed by atoms with Crippen LogP contribution in [0.1, 0.15) is 6.92 Å². The molecule has 9 heteroatoms. The number of aromatic nitrogens is 2. The molecule has 1 atom stereocenters. The molecule has 2 heterocycles. The molecule has 0 bridgehead atoms. The second-order valence-corrected chi connectivity index (χ2v) is 7.62. The lowest BCUT2D eigenvalue weighted by Gasteiger charge is -2.36. The first-order valence-electron chi connectivity index (χ1n) is 10.6. The molecule has 0 N–H and O–H groups in total. The molecule has 0 radical (unpaired) electrons. The highest BCUT2D eigenvalue weighted by Crippen LogP contribution is 2.28. The van der Waals surface area contributed by atoms with Crippen molar-refractivity contribution >= 4 is 11.7 Å². The smallest absolute Gasteiger partial charge is 0.263 e. The number of anilines is 1. The zero-order valence-corrected chi connectivity index (χ0v) is 18.4. The van der Waals surface area contributed by atoms with Crippen molar-refractivity contribution in [1.82, 2.24) is 15.1 Å². The number of nitrogens with zero attached hydrogens (tertiary/aromatic N) is 4. The summed E-state index contributed by atoms with van der Waals surface area (Å²) in [4.78, 5) is 16.4. The van der Waals surface area contributed by atoms with Gasteiger partial charge in [-0.3, -0.25) is 4.79 Å². The molecule has 0 aliphatic carbocycles. The first-order chi connectivity index (χ1) is 16.0. The van der Waals surface area contributed by atoms with E-state index in [-0.39, 0.29) is 11.7 Å². The number of rotatable bonds is 6. The standard InChI is InChI=1S/C24H24F2N4O3/c1-16(33-22-9-7-17(25)15-19(22)26)24(31)30-13-11-29(12-14-30)23-10-8-20(27-28-23)18-5-3-4-6-21(18)32-2/h3-10,15-16H,11-14H2,1-2H3. The number of piperazine rings is 1. The predicted molar refractivity (Wildman–Crippen MR) is 119 cm³/mol. The van der Waals surface area contributed by atoms with Crippen LogP contribution >= 0.6 is 0 Å². The number of carbonyl (C=O) groups excluding carboxylic acids is 1. The number of carbonyl (C=O) groups is 1. The molecule has 4 rings (SSSR count). The summed E-state index contributed by atoms with van der Waals surface area (Å²) in [6.07, 6.45) is -0.892. The monoisotopic (exact) mass is 454 g/mol. The molecule has 1 unspecified atom stereocenters. The quantitative estimate of drug-likeness (QED) is 0.568. The van der Waals surface area contributed by atoms with Crippen molar-refractivity contribution in [2.24, 2.45) is 0 Å². The van der Waals surface area contributed by atoms with Crippen LogP contribution in [0.25, 0.3) is 11.3 Å². The number of methoxy groups -OCH3 is 1. The van der Waals surface area contributed by atoms with Crippen molar-refractivity contribution in [3.05, 3.63) is 66.2 Å². The first-order valence-corrected chi connectivity index (χ1v) is 10.6. The fourth-order valence-corrected chi connectivity index (χ4v) is 3.72. The van der Waals surface area contributed by atoms with Gasteiger partial charge in [-0.2, -0.15) is 0 Å². The lowest BCUT2D eigenvalue weighted by Crippen LogP contribution is -2.52. The van der Waals surface area contributed by atoms with Crippen LogP contribution in [0.4, 0.5) is 14.6 Å². The Morgan fingerprint density at radius 1 is 0.970 bits per heavy atom. The largest absolute Gasteiger partial charge is 0.496 e. The molecular weight excluding hydrogens is 430 g/mol. The van der Waals surface area contributed by atoms with E-state index >= 15 is 0 Å². The SMILES string of the molecule is COc1ccccc1-c1ccc(N2CCN(C(=O)C(C)Oc3ccc(F)cc3F)CC2)nn1. The van der Waals surface area contributed by atoms with Gasteiger partial charge in [-0.25, -0.2) is 8.78 Å². The molecule has 1 saturated heterocycles. The Kier molecular flexibility index (Phi) is 6.67. The molecule has 1 amide bonds. The minimum atomic E-state index is -0.892. The van der Waals surface area contributed by atoms with E-state index in [0.717, 1.165) is 29.3 Å². The Morgan fingerprint density at radius 3 is 2.39 bits per heavy atom. The lowest BCUT2D eigenvalue weighted by molar-refractivity contribution is -0.138. The Labute approximate surface area is 190 Å². The molecule has 1 aliphatic heterocycles. The van der Waals surface area contributed by atoms with Gasteiger partial charge in [0.25, 0.3) is 5.91 Å².